The standard InChI is InChI=1S/C16H19BrN6O2S/c1-9(2)20-13-10-8-19-23(14(10)22-16(21-13)26-3)7-6-18-15(24)11-4-5-12(17)25-11/h4-5,8-9H,6-7H2,1-3H3,(H,18,24)(H,20,21,22). The molecule has 0 spiro atoms. The number of halogens is 1. The molecule has 138 valence electrons. The lowest BCUT2D eigenvalue weighted by Crippen LogP contribution is -2.27. The third-order valence-corrected chi connectivity index (χ3v) is 4.46. The number of thioether (sulfide) groups is 1. The van der Waals surface area contributed by atoms with E-state index in [1.165, 1.54) is 11.8 Å². The summed E-state index contributed by atoms with van der Waals surface area (Å²) in [5.41, 5.74) is 0.738. The second-order valence-corrected chi connectivity index (χ2v) is 7.38. The van der Waals surface area contributed by atoms with E-state index in [1.807, 2.05) is 6.26 Å². The smallest absolute Gasteiger partial charge is 0.287 e. The number of nitrogens with one attached hydrogen (secondary N) is 2. The number of amides is 1. The van der Waals surface area contributed by atoms with E-state index in [0.29, 0.717) is 22.9 Å². The Balaban J connectivity index is 1.74. The highest BCUT2D eigenvalue weighted by Crippen LogP contribution is 2.23. The molecule has 0 saturated carbocycles. The van der Waals surface area contributed by atoms with Gasteiger partial charge in [-0.3, -0.25) is 4.79 Å². The van der Waals surface area contributed by atoms with Gasteiger partial charge in [0.15, 0.2) is 21.2 Å². The lowest BCUT2D eigenvalue weighted by molar-refractivity contribution is 0.0923. The van der Waals surface area contributed by atoms with E-state index in [1.54, 1.807) is 23.0 Å². The van der Waals surface area contributed by atoms with Gasteiger partial charge in [0, 0.05) is 12.6 Å². The summed E-state index contributed by atoms with van der Waals surface area (Å²) >= 11 is 4.66. The van der Waals surface area contributed by atoms with Crippen LogP contribution in [0.4, 0.5) is 5.82 Å². The van der Waals surface area contributed by atoms with Crippen molar-refractivity contribution >= 4 is 50.5 Å². The first-order chi connectivity index (χ1) is 12.5. The van der Waals surface area contributed by atoms with Crippen molar-refractivity contribution < 1.29 is 9.21 Å². The van der Waals surface area contributed by atoms with Crippen molar-refractivity contribution in [2.45, 2.75) is 31.6 Å². The summed E-state index contributed by atoms with van der Waals surface area (Å²) in [5, 5.41) is 12.1. The van der Waals surface area contributed by atoms with Crippen molar-refractivity contribution in [3.63, 3.8) is 0 Å². The minimum absolute atomic E-state index is 0.248. The molecule has 0 unspecified atom stereocenters. The number of hydrogen-bond donors (Lipinski definition) is 2. The van der Waals surface area contributed by atoms with Gasteiger partial charge in [0.05, 0.1) is 18.1 Å². The van der Waals surface area contributed by atoms with E-state index in [2.05, 4.69) is 55.5 Å². The van der Waals surface area contributed by atoms with Crippen molar-refractivity contribution in [2.24, 2.45) is 0 Å². The van der Waals surface area contributed by atoms with Crippen LogP contribution in [-0.2, 0) is 6.54 Å². The predicted molar refractivity (Wildman–Crippen MR) is 105 cm³/mol. The van der Waals surface area contributed by atoms with Crippen LogP contribution in [-0.4, -0.2) is 44.5 Å². The van der Waals surface area contributed by atoms with Gasteiger partial charge in [-0.25, -0.2) is 14.6 Å². The van der Waals surface area contributed by atoms with E-state index in [-0.39, 0.29) is 17.7 Å². The van der Waals surface area contributed by atoms with Gasteiger partial charge in [-0.2, -0.15) is 5.10 Å². The lowest BCUT2D eigenvalue weighted by Gasteiger charge is -2.11. The molecule has 26 heavy (non-hydrogen) atoms. The zero-order valence-corrected chi connectivity index (χ0v) is 17.0. The van der Waals surface area contributed by atoms with Crippen LogP contribution in [0.5, 0.6) is 0 Å². The predicted octanol–water partition coefficient (Wildman–Crippen LogP) is 3.15. The van der Waals surface area contributed by atoms with E-state index in [4.69, 9.17) is 4.42 Å². The molecule has 0 aliphatic heterocycles. The first-order valence-corrected chi connectivity index (χ1v) is 10.1. The molecule has 0 aliphatic rings. The van der Waals surface area contributed by atoms with Gasteiger partial charge in [-0.1, -0.05) is 11.8 Å². The number of fused-ring (bicyclic) bond motifs is 1. The van der Waals surface area contributed by atoms with Gasteiger partial charge in [-0.15, -0.1) is 0 Å². The average molecular weight is 439 g/mol. The molecule has 0 aromatic carbocycles. The topological polar surface area (TPSA) is 97.9 Å². The summed E-state index contributed by atoms with van der Waals surface area (Å²) in [7, 11) is 0. The minimum atomic E-state index is -0.270. The maximum absolute atomic E-state index is 12.0. The molecule has 10 heteroatoms. The molecule has 1 amide bonds. The van der Waals surface area contributed by atoms with E-state index >= 15 is 0 Å². The number of furan rings is 1. The molecular weight excluding hydrogens is 420 g/mol. The highest BCUT2D eigenvalue weighted by molar-refractivity contribution is 9.10. The van der Waals surface area contributed by atoms with Crippen molar-refractivity contribution in [3.05, 3.63) is 28.8 Å². The number of carbonyl (C=O) groups is 1. The van der Waals surface area contributed by atoms with Crippen LogP contribution in [0.2, 0.25) is 0 Å². The van der Waals surface area contributed by atoms with Gasteiger partial charge in [0.25, 0.3) is 5.91 Å². The number of carbonyl (C=O) groups excluding carboxylic acids is 1. The molecule has 3 rings (SSSR count). The molecular formula is C16H19BrN6O2S. The molecule has 0 radical (unpaired) electrons. The Bertz CT molecular complexity index is 923. The normalized spacial score (nSPS) is 11.3. The Labute approximate surface area is 163 Å². The zero-order chi connectivity index (χ0) is 18.7. The number of aromatic nitrogens is 4. The highest BCUT2D eigenvalue weighted by Gasteiger charge is 2.14. The summed E-state index contributed by atoms with van der Waals surface area (Å²) in [5.74, 6) is 0.761. The summed E-state index contributed by atoms with van der Waals surface area (Å²) in [6.07, 6.45) is 3.68. The molecule has 0 fully saturated rings. The largest absolute Gasteiger partial charge is 0.444 e. The van der Waals surface area contributed by atoms with Gasteiger partial charge < -0.3 is 15.1 Å². The summed E-state index contributed by atoms with van der Waals surface area (Å²) in [6.45, 7) is 5.00. The minimum Gasteiger partial charge on any atom is -0.444 e. The molecule has 0 atom stereocenters. The first-order valence-electron chi connectivity index (χ1n) is 8.05. The molecule has 3 aromatic heterocycles. The van der Waals surface area contributed by atoms with E-state index < -0.39 is 0 Å². The fourth-order valence-corrected chi connectivity index (χ4v) is 3.04. The van der Waals surface area contributed by atoms with Crippen molar-refractivity contribution in [2.75, 3.05) is 18.1 Å². The fourth-order valence-electron chi connectivity index (χ4n) is 2.37. The lowest BCUT2D eigenvalue weighted by atomic mass is 10.3. The maximum Gasteiger partial charge on any atom is 0.287 e. The molecule has 3 heterocycles. The Morgan fingerprint density at radius 2 is 2.19 bits per heavy atom. The van der Waals surface area contributed by atoms with Gasteiger partial charge in [-0.05, 0) is 48.2 Å². The van der Waals surface area contributed by atoms with Gasteiger partial charge in [0.2, 0.25) is 0 Å². The Morgan fingerprint density at radius 1 is 1.38 bits per heavy atom. The van der Waals surface area contributed by atoms with Crippen LogP contribution >= 0.6 is 27.7 Å². The van der Waals surface area contributed by atoms with E-state index in [0.717, 1.165) is 16.9 Å². The molecule has 0 saturated heterocycles. The molecule has 2 N–H and O–H groups in total. The summed E-state index contributed by atoms with van der Waals surface area (Å²) < 4.78 is 7.52. The number of anilines is 1. The summed E-state index contributed by atoms with van der Waals surface area (Å²) in [4.78, 5) is 21.1. The van der Waals surface area contributed by atoms with Crippen LogP contribution in [0.15, 0.2) is 32.6 Å². The van der Waals surface area contributed by atoms with Crippen molar-refractivity contribution in [3.8, 4) is 0 Å². The molecule has 0 aliphatic carbocycles. The second kappa shape index (κ2) is 8.09. The van der Waals surface area contributed by atoms with Crippen LogP contribution in [0.1, 0.15) is 24.4 Å². The Morgan fingerprint density at radius 3 is 2.85 bits per heavy atom. The van der Waals surface area contributed by atoms with Crippen LogP contribution < -0.4 is 10.6 Å². The molecule has 8 nitrogen and oxygen atoms in total. The Kier molecular flexibility index (Phi) is 5.82. The highest BCUT2D eigenvalue weighted by atomic mass is 79.9. The second-order valence-electron chi connectivity index (χ2n) is 5.82. The first kappa shape index (κ1) is 18.7. The fraction of sp³-hybridized carbons (Fsp3) is 0.375. The van der Waals surface area contributed by atoms with Crippen LogP contribution in [0, 0.1) is 0 Å². The van der Waals surface area contributed by atoms with E-state index in [9.17, 15) is 4.79 Å². The number of hydrogen-bond acceptors (Lipinski definition) is 7. The third-order valence-electron chi connectivity index (χ3n) is 3.49. The van der Waals surface area contributed by atoms with Gasteiger partial charge >= 0.3 is 0 Å². The summed E-state index contributed by atoms with van der Waals surface area (Å²) in [6, 6.07) is 3.54. The zero-order valence-electron chi connectivity index (χ0n) is 14.6. The molecule has 3 aromatic rings. The maximum atomic E-state index is 12.0. The van der Waals surface area contributed by atoms with Crippen molar-refractivity contribution in [1.29, 1.82) is 0 Å². The monoisotopic (exact) mass is 438 g/mol. The van der Waals surface area contributed by atoms with Crippen LogP contribution in [0.3, 0.4) is 0 Å². The Hall–Kier alpha value is -2.07. The quantitative estimate of drug-likeness (QED) is 0.431. The third kappa shape index (κ3) is 4.18. The van der Waals surface area contributed by atoms with Crippen molar-refractivity contribution in [1.82, 2.24) is 25.1 Å². The SMILES string of the molecule is CSc1nc(NC(C)C)c2cnn(CCNC(=O)c3ccc(Br)o3)c2n1. The van der Waals surface area contributed by atoms with Gasteiger partial charge in [0.1, 0.15) is 5.82 Å². The van der Waals surface area contributed by atoms with Crippen LogP contribution in [0.25, 0.3) is 11.0 Å². The average Bonchev–Trinajstić information content (AvgIpc) is 3.21. The number of rotatable bonds is 7. The number of nitrogens with zero attached hydrogens (tertiary/aromatic N) is 4. The molecule has 0 bridgehead atoms.